The molecule has 0 bridgehead atoms. The van der Waals surface area contributed by atoms with Gasteiger partial charge in [-0.2, -0.15) is 0 Å². The van der Waals surface area contributed by atoms with Gasteiger partial charge < -0.3 is 0 Å². The zero-order valence-electron chi connectivity index (χ0n) is 13.2. The molecule has 0 aromatic heterocycles. The molecule has 0 N–H and O–H groups in total. The van der Waals surface area contributed by atoms with Crippen molar-refractivity contribution in [3.8, 4) is 0 Å². The third-order valence-electron chi connectivity index (χ3n) is 4.18. The molecule has 0 heterocycles. The van der Waals surface area contributed by atoms with E-state index in [4.69, 9.17) is 0 Å². The molecule has 100 valence electrons. The Hall–Kier alpha value is -0.600. The zero-order chi connectivity index (χ0) is 13.7. The van der Waals surface area contributed by atoms with Crippen molar-refractivity contribution in [1.29, 1.82) is 0 Å². The fourth-order valence-corrected chi connectivity index (χ4v) is 1.91. The SMILES string of the molecule is CC=C(C)[N+](C)(C)CCC[N+](C)(C)C(C)=CC. The standard InChI is InChI=1S/C15H32N2/c1-9-14(3)16(5,6)12-11-13-17(7,8)15(4)10-2/h9-10H,11-13H2,1-8H3/q+2. The van der Waals surface area contributed by atoms with Crippen molar-refractivity contribution in [3.05, 3.63) is 23.5 Å². The molecule has 0 aromatic rings. The normalized spacial score (nSPS) is 15.3. The lowest BCUT2D eigenvalue weighted by molar-refractivity contribution is -0.872. The van der Waals surface area contributed by atoms with E-state index in [1.54, 1.807) is 0 Å². The van der Waals surface area contributed by atoms with Crippen molar-refractivity contribution in [3.63, 3.8) is 0 Å². The first-order chi connectivity index (χ1) is 7.67. The second-order valence-electron chi connectivity index (χ2n) is 6.03. The highest BCUT2D eigenvalue weighted by Crippen LogP contribution is 2.15. The van der Waals surface area contributed by atoms with Gasteiger partial charge in [-0.1, -0.05) is 0 Å². The van der Waals surface area contributed by atoms with Gasteiger partial charge in [-0.15, -0.1) is 0 Å². The topological polar surface area (TPSA) is 0 Å². The Morgan fingerprint density at radius 1 is 0.765 bits per heavy atom. The molecule has 2 nitrogen and oxygen atoms in total. The molecule has 0 aliphatic carbocycles. The van der Waals surface area contributed by atoms with Crippen LogP contribution in [0.4, 0.5) is 0 Å². The quantitative estimate of drug-likeness (QED) is 0.624. The number of quaternary nitrogens is 2. The average molecular weight is 240 g/mol. The number of allylic oxidation sites excluding steroid dienone is 4. The monoisotopic (exact) mass is 240 g/mol. The number of hydrogen-bond donors (Lipinski definition) is 0. The maximum absolute atomic E-state index is 2.29. The van der Waals surface area contributed by atoms with Gasteiger partial charge in [-0.25, -0.2) is 0 Å². The molecule has 0 spiro atoms. The lowest BCUT2D eigenvalue weighted by Crippen LogP contribution is -2.43. The summed E-state index contributed by atoms with van der Waals surface area (Å²) in [6.07, 6.45) is 5.69. The summed E-state index contributed by atoms with van der Waals surface area (Å²) in [5, 5.41) is 0. The first-order valence-electron chi connectivity index (χ1n) is 6.60. The van der Waals surface area contributed by atoms with Gasteiger partial charge in [0.05, 0.1) is 41.3 Å². The van der Waals surface area contributed by atoms with Crippen LogP contribution in [0.5, 0.6) is 0 Å². The van der Waals surface area contributed by atoms with E-state index in [1.165, 1.54) is 30.9 Å². The van der Waals surface area contributed by atoms with Crippen LogP contribution < -0.4 is 0 Å². The van der Waals surface area contributed by atoms with Crippen molar-refractivity contribution in [2.75, 3.05) is 41.3 Å². The molecule has 0 unspecified atom stereocenters. The van der Waals surface area contributed by atoms with E-state index in [0.29, 0.717) is 0 Å². The van der Waals surface area contributed by atoms with E-state index in [1.807, 2.05) is 0 Å². The van der Waals surface area contributed by atoms with Crippen LogP contribution in [-0.4, -0.2) is 50.2 Å². The molecular formula is C15H32N2+2. The summed E-state index contributed by atoms with van der Waals surface area (Å²) in [5.74, 6) is 0. The predicted molar refractivity (Wildman–Crippen MR) is 77.4 cm³/mol. The summed E-state index contributed by atoms with van der Waals surface area (Å²) in [5.41, 5.74) is 2.89. The fourth-order valence-electron chi connectivity index (χ4n) is 1.91. The van der Waals surface area contributed by atoms with Gasteiger partial charge in [-0.3, -0.25) is 8.97 Å². The summed E-state index contributed by atoms with van der Waals surface area (Å²) in [4.78, 5) is 0. The Kier molecular flexibility index (Phi) is 6.14. The highest BCUT2D eigenvalue weighted by molar-refractivity contribution is 4.86. The maximum Gasteiger partial charge on any atom is 0.101 e. The van der Waals surface area contributed by atoms with Gasteiger partial charge in [0.2, 0.25) is 0 Å². The van der Waals surface area contributed by atoms with E-state index < -0.39 is 0 Å². The van der Waals surface area contributed by atoms with Crippen molar-refractivity contribution in [2.24, 2.45) is 0 Å². The molecule has 0 aliphatic rings. The van der Waals surface area contributed by atoms with Gasteiger partial charge in [0.15, 0.2) is 0 Å². The van der Waals surface area contributed by atoms with E-state index in [9.17, 15) is 0 Å². The molecule has 0 amide bonds. The summed E-state index contributed by atoms with van der Waals surface area (Å²) in [7, 11) is 9.16. The fraction of sp³-hybridized carbons (Fsp3) is 0.733. The van der Waals surface area contributed by atoms with Gasteiger partial charge in [0, 0.05) is 20.3 Å². The van der Waals surface area contributed by atoms with E-state index >= 15 is 0 Å². The van der Waals surface area contributed by atoms with Gasteiger partial charge in [-0.05, 0) is 26.0 Å². The smallest absolute Gasteiger partial charge is 0.101 e. The van der Waals surface area contributed by atoms with E-state index in [0.717, 1.165) is 8.97 Å². The maximum atomic E-state index is 2.29. The third kappa shape index (κ3) is 5.05. The van der Waals surface area contributed by atoms with Crippen LogP contribution in [0.1, 0.15) is 34.1 Å². The Balaban J connectivity index is 4.34. The predicted octanol–water partition coefficient (Wildman–Crippen LogP) is 3.38. The number of rotatable bonds is 6. The molecule has 0 fully saturated rings. The first-order valence-corrected chi connectivity index (χ1v) is 6.60. The molecule has 0 aromatic carbocycles. The van der Waals surface area contributed by atoms with Crippen LogP contribution in [0.3, 0.4) is 0 Å². The molecule has 2 heteroatoms. The second-order valence-corrected chi connectivity index (χ2v) is 6.03. The molecule has 0 radical (unpaired) electrons. The summed E-state index contributed by atoms with van der Waals surface area (Å²) in [6.45, 7) is 11.1. The molecular weight excluding hydrogens is 208 g/mol. The Morgan fingerprint density at radius 2 is 1.06 bits per heavy atom. The largest absolute Gasteiger partial charge is 0.300 e. The zero-order valence-corrected chi connectivity index (χ0v) is 13.2. The van der Waals surface area contributed by atoms with Crippen molar-refractivity contribution < 1.29 is 8.97 Å². The van der Waals surface area contributed by atoms with E-state index in [-0.39, 0.29) is 0 Å². The molecule has 0 aliphatic heterocycles. The molecule has 0 saturated carbocycles. The van der Waals surface area contributed by atoms with Crippen LogP contribution in [0.2, 0.25) is 0 Å². The van der Waals surface area contributed by atoms with Crippen LogP contribution >= 0.6 is 0 Å². The third-order valence-corrected chi connectivity index (χ3v) is 4.18. The Morgan fingerprint density at radius 3 is 1.29 bits per heavy atom. The minimum atomic E-state index is 1.01. The molecule has 17 heavy (non-hydrogen) atoms. The highest BCUT2D eigenvalue weighted by atomic mass is 15.3. The van der Waals surface area contributed by atoms with Crippen molar-refractivity contribution in [1.82, 2.24) is 0 Å². The lowest BCUT2D eigenvalue weighted by atomic mass is 10.2. The van der Waals surface area contributed by atoms with Gasteiger partial charge in [0.25, 0.3) is 0 Å². The van der Waals surface area contributed by atoms with Crippen molar-refractivity contribution in [2.45, 2.75) is 34.1 Å². The lowest BCUT2D eigenvalue weighted by Gasteiger charge is -2.33. The van der Waals surface area contributed by atoms with Crippen LogP contribution in [-0.2, 0) is 0 Å². The minimum absolute atomic E-state index is 1.01. The molecule has 0 atom stereocenters. The second kappa shape index (κ2) is 6.36. The molecule has 0 rings (SSSR count). The summed E-state index contributed by atoms with van der Waals surface area (Å²) < 4.78 is 2.01. The van der Waals surface area contributed by atoms with Crippen LogP contribution in [0.15, 0.2) is 23.5 Å². The molecule has 0 saturated heterocycles. The van der Waals surface area contributed by atoms with Crippen LogP contribution in [0.25, 0.3) is 0 Å². The van der Waals surface area contributed by atoms with Gasteiger partial charge in [0.1, 0.15) is 11.4 Å². The minimum Gasteiger partial charge on any atom is -0.300 e. The van der Waals surface area contributed by atoms with E-state index in [2.05, 4.69) is 68.0 Å². The Labute approximate surface area is 108 Å². The average Bonchev–Trinajstić information content (AvgIpc) is 2.25. The van der Waals surface area contributed by atoms with Gasteiger partial charge >= 0.3 is 0 Å². The summed E-state index contributed by atoms with van der Waals surface area (Å²) in [6, 6.07) is 0. The van der Waals surface area contributed by atoms with Crippen LogP contribution in [0, 0.1) is 0 Å². The number of hydrogen-bond acceptors (Lipinski definition) is 0. The highest BCUT2D eigenvalue weighted by Gasteiger charge is 2.22. The Bertz CT molecular complexity index is 266. The van der Waals surface area contributed by atoms with Crippen molar-refractivity contribution >= 4 is 0 Å². The summed E-state index contributed by atoms with van der Waals surface area (Å²) >= 11 is 0. The first kappa shape index (κ1) is 16.4. The number of nitrogens with zero attached hydrogens (tertiary/aromatic N) is 2.